The molecule has 0 bridgehead atoms. The van der Waals surface area contributed by atoms with Gasteiger partial charge in [-0.1, -0.05) is 0 Å². The highest BCUT2D eigenvalue weighted by Crippen LogP contribution is 2.13. The Bertz CT molecular complexity index is 252. The zero-order chi connectivity index (χ0) is 8.27. The van der Waals surface area contributed by atoms with E-state index in [-0.39, 0.29) is 0 Å². The lowest BCUT2D eigenvalue weighted by Crippen LogP contribution is -1.97. The Kier molecular flexibility index (Phi) is 2.65. The summed E-state index contributed by atoms with van der Waals surface area (Å²) in [6.45, 7) is 1.85. The lowest BCUT2D eigenvalue weighted by atomic mass is 10.4. The van der Waals surface area contributed by atoms with Gasteiger partial charge in [-0.2, -0.15) is 0 Å². The van der Waals surface area contributed by atoms with Gasteiger partial charge in [0.05, 0.1) is 18.7 Å². The maximum Gasteiger partial charge on any atom is 0.236 e. The molecule has 3 nitrogen and oxygen atoms in total. The molecular weight excluding hydrogens is 164 g/mol. The van der Waals surface area contributed by atoms with E-state index in [4.69, 9.17) is 16.3 Å². The Balaban J connectivity index is 3.06. The minimum atomic E-state index is 0.330. The van der Waals surface area contributed by atoms with Crippen molar-refractivity contribution in [3.05, 3.63) is 17.6 Å². The fourth-order valence-corrected chi connectivity index (χ4v) is 0.919. The van der Waals surface area contributed by atoms with Crippen molar-refractivity contribution in [1.29, 1.82) is 0 Å². The number of rotatable bonds is 2. The third-order valence-electron chi connectivity index (χ3n) is 1.25. The average Bonchev–Trinajstić information content (AvgIpc) is 2.04. The van der Waals surface area contributed by atoms with E-state index < -0.39 is 0 Å². The highest BCUT2D eigenvalue weighted by atomic mass is 35.5. The molecule has 1 aromatic heterocycles. The number of aromatic nitrogens is 2. The lowest BCUT2D eigenvalue weighted by Gasteiger charge is -2.03. The minimum Gasteiger partial charge on any atom is -0.480 e. The molecule has 0 fully saturated rings. The second-order valence-corrected chi connectivity index (χ2v) is 2.37. The van der Waals surface area contributed by atoms with Crippen LogP contribution in [0.15, 0.2) is 6.20 Å². The lowest BCUT2D eigenvalue weighted by molar-refractivity contribution is 0.390. The monoisotopic (exact) mass is 172 g/mol. The molecule has 0 saturated carbocycles. The molecule has 0 aliphatic heterocycles. The molecule has 0 atom stereocenters. The molecule has 1 heterocycles. The topological polar surface area (TPSA) is 35.0 Å². The zero-order valence-corrected chi connectivity index (χ0v) is 7.22. The van der Waals surface area contributed by atoms with Gasteiger partial charge in [0.25, 0.3) is 0 Å². The third kappa shape index (κ3) is 1.80. The fraction of sp³-hybridized carbons (Fsp3) is 0.429. The first-order valence-electron chi connectivity index (χ1n) is 3.20. The van der Waals surface area contributed by atoms with Gasteiger partial charge in [0.15, 0.2) is 0 Å². The molecule has 1 rings (SSSR count). The Labute approximate surface area is 70.4 Å². The van der Waals surface area contributed by atoms with Gasteiger partial charge < -0.3 is 4.74 Å². The van der Waals surface area contributed by atoms with Gasteiger partial charge in [0.2, 0.25) is 5.88 Å². The van der Waals surface area contributed by atoms with E-state index in [1.807, 2.05) is 6.92 Å². The van der Waals surface area contributed by atoms with Gasteiger partial charge in [-0.05, 0) is 6.92 Å². The molecule has 0 radical (unpaired) electrons. The van der Waals surface area contributed by atoms with Gasteiger partial charge in [0, 0.05) is 6.20 Å². The summed E-state index contributed by atoms with van der Waals surface area (Å²) in [5.74, 6) is 0.844. The van der Waals surface area contributed by atoms with Gasteiger partial charge in [-0.3, -0.25) is 4.98 Å². The van der Waals surface area contributed by atoms with E-state index >= 15 is 0 Å². The van der Waals surface area contributed by atoms with Gasteiger partial charge >= 0.3 is 0 Å². The van der Waals surface area contributed by atoms with Crippen LogP contribution in [0.1, 0.15) is 11.4 Å². The van der Waals surface area contributed by atoms with Gasteiger partial charge in [-0.25, -0.2) is 4.98 Å². The van der Waals surface area contributed by atoms with Crippen molar-refractivity contribution in [2.75, 3.05) is 7.11 Å². The second kappa shape index (κ2) is 3.53. The highest BCUT2D eigenvalue weighted by molar-refractivity contribution is 6.17. The van der Waals surface area contributed by atoms with E-state index in [2.05, 4.69) is 9.97 Å². The molecule has 4 heteroatoms. The number of aryl methyl sites for hydroxylation is 1. The first-order valence-corrected chi connectivity index (χ1v) is 3.74. The normalized spacial score (nSPS) is 9.73. The van der Waals surface area contributed by atoms with E-state index in [0.29, 0.717) is 17.5 Å². The van der Waals surface area contributed by atoms with Crippen LogP contribution in [-0.2, 0) is 5.88 Å². The number of hydrogen-bond acceptors (Lipinski definition) is 3. The number of ether oxygens (including phenoxy) is 1. The smallest absolute Gasteiger partial charge is 0.236 e. The van der Waals surface area contributed by atoms with Crippen molar-refractivity contribution in [3.63, 3.8) is 0 Å². The standard InChI is InChI=1S/C7H9ClN2O/c1-5-4-9-6(3-8)7(10-5)11-2/h4H,3H2,1-2H3. The molecular formula is C7H9ClN2O. The third-order valence-corrected chi connectivity index (χ3v) is 1.51. The SMILES string of the molecule is COc1nc(C)cnc1CCl. The Morgan fingerprint density at radius 2 is 2.36 bits per heavy atom. The van der Waals surface area contributed by atoms with Crippen LogP contribution in [0.4, 0.5) is 0 Å². The van der Waals surface area contributed by atoms with E-state index in [9.17, 15) is 0 Å². The molecule has 0 aliphatic carbocycles. The first kappa shape index (κ1) is 8.27. The fourth-order valence-electron chi connectivity index (χ4n) is 0.735. The second-order valence-electron chi connectivity index (χ2n) is 2.10. The summed E-state index contributed by atoms with van der Waals surface area (Å²) in [5, 5.41) is 0. The number of hydrogen-bond donors (Lipinski definition) is 0. The van der Waals surface area contributed by atoms with Crippen LogP contribution in [0.2, 0.25) is 0 Å². The van der Waals surface area contributed by atoms with Crippen molar-refractivity contribution in [2.45, 2.75) is 12.8 Å². The molecule has 0 unspecified atom stereocenters. The maximum absolute atomic E-state index is 5.58. The van der Waals surface area contributed by atoms with Gasteiger partial charge in [-0.15, -0.1) is 11.6 Å². The molecule has 0 aromatic carbocycles. The Hall–Kier alpha value is -0.830. The van der Waals surface area contributed by atoms with Crippen molar-refractivity contribution >= 4 is 11.6 Å². The van der Waals surface area contributed by atoms with Gasteiger partial charge in [0.1, 0.15) is 5.69 Å². The van der Waals surface area contributed by atoms with Crippen LogP contribution < -0.4 is 4.74 Å². The number of nitrogens with zero attached hydrogens (tertiary/aromatic N) is 2. The number of alkyl halides is 1. The molecule has 60 valence electrons. The van der Waals surface area contributed by atoms with Crippen molar-refractivity contribution in [2.24, 2.45) is 0 Å². The number of halogens is 1. The summed E-state index contributed by atoms with van der Waals surface area (Å²) in [6, 6.07) is 0. The molecule has 0 saturated heterocycles. The minimum absolute atomic E-state index is 0.330. The van der Waals surface area contributed by atoms with Crippen molar-refractivity contribution in [1.82, 2.24) is 9.97 Å². The largest absolute Gasteiger partial charge is 0.480 e. The maximum atomic E-state index is 5.58. The predicted molar refractivity (Wildman–Crippen MR) is 42.9 cm³/mol. The summed E-state index contributed by atoms with van der Waals surface area (Å²) in [6.07, 6.45) is 1.67. The number of methoxy groups -OCH3 is 1. The summed E-state index contributed by atoms with van der Waals surface area (Å²) in [7, 11) is 1.56. The highest BCUT2D eigenvalue weighted by Gasteiger charge is 2.03. The Morgan fingerprint density at radius 3 is 2.91 bits per heavy atom. The Morgan fingerprint density at radius 1 is 1.64 bits per heavy atom. The van der Waals surface area contributed by atoms with Crippen LogP contribution in [0.5, 0.6) is 5.88 Å². The quantitative estimate of drug-likeness (QED) is 0.635. The molecule has 0 N–H and O–H groups in total. The van der Waals surface area contributed by atoms with Crippen LogP contribution >= 0.6 is 11.6 Å². The van der Waals surface area contributed by atoms with Crippen molar-refractivity contribution < 1.29 is 4.74 Å². The van der Waals surface area contributed by atoms with Crippen molar-refractivity contribution in [3.8, 4) is 5.88 Å². The summed E-state index contributed by atoms with van der Waals surface area (Å²) < 4.78 is 4.96. The summed E-state index contributed by atoms with van der Waals surface area (Å²) in [5.41, 5.74) is 1.51. The van der Waals surface area contributed by atoms with Crippen LogP contribution in [0, 0.1) is 6.92 Å². The summed E-state index contributed by atoms with van der Waals surface area (Å²) >= 11 is 5.58. The average molecular weight is 173 g/mol. The zero-order valence-electron chi connectivity index (χ0n) is 6.47. The van der Waals surface area contributed by atoms with Crippen LogP contribution in [-0.4, -0.2) is 17.1 Å². The molecule has 1 aromatic rings. The van der Waals surface area contributed by atoms with E-state index in [1.165, 1.54) is 0 Å². The molecule has 0 amide bonds. The molecule has 0 aliphatic rings. The van der Waals surface area contributed by atoms with Crippen LogP contribution in [0.25, 0.3) is 0 Å². The van der Waals surface area contributed by atoms with E-state index in [0.717, 1.165) is 5.69 Å². The van der Waals surface area contributed by atoms with E-state index in [1.54, 1.807) is 13.3 Å². The molecule has 11 heavy (non-hydrogen) atoms. The first-order chi connectivity index (χ1) is 5.27. The molecule has 0 spiro atoms. The summed E-state index contributed by atoms with van der Waals surface area (Å²) in [4.78, 5) is 8.14. The predicted octanol–water partition coefficient (Wildman–Crippen LogP) is 1.53. The van der Waals surface area contributed by atoms with Crippen LogP contribution in [0.3, 0.4) is 0 Å².